The molecule has 0 amide bonds. The first-order chi connectivity index (χ1) is 6.77. The predicted octanol–water partition coefficient (Wildman–Crippen LogP) is 3.88. The fraction of sp³-hybridized carbons (Fsp3) is 0.818. The summed E-state index contributed by atoms with van der Waals surface area (Å²) in [7, 11) is 0. The van der Waals surface area contributed by atoms with Gasteiger partial charge in [-0.15, -0.1) is 0 Å². The first kappa shape index (κ1) is 13.6. The molecular formula is C11H20F2O. The lowest BCUT2D eigenvalue weighted by atomic mass is 10.1. The molecule has 0 rings (SSSR count). The van der Waals surface area contributed by atoms with Crippen LogP contribution in [-0.4, -0.2) is 11.7 Å². The molecule has 0 heterocycles. The zero-order valence-electron chi connectivity index (χ0n) is 8.64. The quantitative estimate of drug-likeness (QED) is 0.567. The monoisotopic (exact) mass is 206 g/mol. The van der Waals surface area contributed by atoms with Crippen LogP contribution < -0.4 is 0 Å². The van der Waals surface area contributed by atoms with Crippen molar-refractivity contribution in [2.45, 2.75) is 51.4 Å². The molecule has 0 saturated heterocycles. The van der Waals surface area contributed by atoms with Gasteiger partial charge in [-0.05, 0) is 25.3 Å². The number of rotatable bonds is 9. The molecule has 1 nitrogen and oxygen atoms in total. The highest BCUT2D eigenvalue weighted by Gasteiger charge is 1.92. The van der Waals surface area contributed by atoms with Crippen molar-refractivity contribution in [2.24, 2.45) is 0 Å². The van der Waals surface area contributed by atoms with Crippen LogP contribution >= 0.6 is 0 Å². The largest absolute Gasteiger partial charge is 0.396 e. The fourth-order valence-electron chi connectivity index (χ4n) is 1.35. The van der Waals surface area contributed by atoms with Gasteiger partial charge in [0.2, 0.25) is 0 Å². The second-order valence-electron chi connectivity index (χ2n) is 3.48. The van der Waals surface area contributed by atoms with Crippen molar-refractivity contribution in [1.29, 1.82) is 0 Å². The smallest absolute Gasteiger partial charge is 0.266 e. The van der Waals surface area contributed by atoms with E-state index in [0.29, 0.717) is 6.42 Å². The van der Waals surface area contributed by atoms with Gasteiger partial charge in [0.1, 0.15) is 0 Å². The molecule has 0 spiro atoms. The maximum atomic E-state index is 11.6. The highest BCUT2D eigenvalue weighted by atomic mass is 19.3. The molecule has 0 unspecified atom stereocenters. The van der Waals surface area contributed by atoms with Gasteiger partial charge in [0.05, 0.1) is 0 Å². The van der Waals surface area contributed by atoms with Crippen LogP contribution in [0.3, 0.4) is 0 Å². The molecule has 0 saturated carbocycles. The van der Waals surface area contributed by atoms with Crippen LogP contribution in [0, 0.1) is 0 Å². The third-order valence-corrected chi connectivity index (χ3v) is 2.16. The molecule has 3 heteroatoms. The summed E-state index contributed by atoms with van der Waals surface area (Å²) in [6.45, 7) is 0.278. The van der Waals surface area contributed by atoms with Crippen molar-refractivity contribution in [3.05, 3.63) is 12.2 Å². The Bertz CT molecular complexity index is 142. The zero-order valence-corrected chi connectivity index (χ0v) is 8.64. The zero-order chi connectivity index (χ0) is 10.6. The number of hydrogen-bond donors (Lipinski definition) is 1. The number of hydrogen-bond acceptors (Lipinski definition) is 1. The first-order valence-corrected chi connectivity index (χ1v) is 5.39. The van der Waals surface area contributed by atoms with Gasteiger partial charge in [-0.3, -0.25) is 0 Å². The molecular weight excluding hydrogens is 186 g/mol. The van der Waals surface area contributed by atoms with Crippen molar-refractivity contribution in [3.8, 4) is 0 Å². The van der Waals surface area contributed by atoms with Crippen LogP contribution in [0.4, 0.5) is 8.78 Å². The number of unbranched alkanes of at least 4 members (excludes halogenated alkanes) is 7. The van der Waals surface area contributed by atoms with Crippen LogP contribution in [-0.2, 0) is 0 Å². The summed E-state index contributed by atoms with van der Waals surface area (Å²) < 4.78 is 23.2. The summed E-state index contributed by atoms with van der Waals surface area (Å²) in [6, 6.07) is 0. The van der Waals surface area contributed by atoms with Crippen LogP contribution in [0.25, 0.3) is 0 Å². The third-order valence-electron chi connectivity index (χ3n) is 2.16. The van der Waals surface area contributed by atoms with Gasteiger partial charge in [-0.25, -0.2) is 0 Å². The van der Waals surface area contributed by atoms with Crippen LogP contribution in [0.2, 0.25) is 0 Å². The second-order valence-corrected chi connectivity index (χ2v) is 3.48. The molecule has 0 aromatic heterocycles. The summed E-state index contributed by atoms with van der Waals surface area (Å²) in [6.07, 6.45) is 7.20. The molecule has 1 N–H and O–H groups in total. The topological polar surface area (TPSA) is 20.2 Å². The molecule has 0 aliphatic heterocycles. The van der Waals surface area contributed by atoms with E-state index in [0.717, 1.165) is 51.0 Å². The van der Waals surface area contributed by atoms with Crippen molar-refractivity contribution in [1.82, 2.24) is 0 Å². The van der Waals surface area contributed by atoms with Gasteiger partial charge < -0.3 is 5.11 Å². The van der Waals surface area contributed by atoms with Crippen LogP contribution in [0.5, 0.6) is 0 Å². The highest BCUT2D eigenvalue weighted by molar-refractivity contribution is 4.79. The lowest BCUT2D eigenvalue weighted by molar-refractivity contribution is 0.282. The van der Waals surface area contributed by atoms with Gasteiger partial charge in [-0.1, -0.05) is 32.1 Å². The molecule has 0 aromatic carbocycles. The lowest BCUT2D eigenvalue weighted by Gasteiger charge is -1.99. The van der Waals surface area contributed by atoms with Gasteiger partial charge >= 0.3 is 0 Å². The number of aliphatic hydroxyl groups excluding tert-OH is 1. The van der Waals surface area contributed by atoms with Gasteiger partial charge in [0.15, 0.2) is 0 Å². The Balaban J connectivity index is 2.96. The predicted molar refractivity (Wildman–Crippen MR) is 54.3 cm³/mol. The van der Waals surface area contributed by atoms with Crippen LogP contribution in [0.15, 0.2) is 12.2 Å². The minimum absolute atomic E-state index is 0.278. The Hall–Kier alpha value is -0.440. The summed E-state index contributed by atoms with van der Waals surface area (Å²) in [5, 5.41) is 8.51. The maximum Gasteiger partial charge on any atom is 0.266 e. The Kier molecular flexibility index (Phi) is 10.3. The SMILES string of the molecule is OCCCCCCCCCC=C(F)F. The lowest BCUT2D eigenvalue weighted by Crippen LogP contribution is -1.83. The minimum Gasteiger partial charge on any atom is -0.396 e. The second kappa shape index (κ2) is 10.6. The number of aliphatic hydroxyl groups is 1. The molecule has 0 aliphatic rings. The molecule has 0 aromatic rings. The Morgan fingerprint density at radius 2 is 1.36 bits per heavy atom. The molecule has 0 bridgehead atoms. The molecule has 14 heavy (non-hydrogen) atoms. The van der Waals surface area contributed by atoms with E-state index in [1.807, 2.05) is 0 Å². The number of allylic oxidation sites excluding steroid dienone is 1. The van der Waals surface area contributed by atoms with E-state index in [4.69, 9.17) is 5.11 Å². The normalized spacial score (nSPS) is 10.2. The van der Waals surface area contributed by atoms with E-state index < -0.39 is 6.08 Å². The summed E-state index contributed by atoms with van der Waals surface area (Å²) >= 11 is 0. The summed E-state index contributed by atoms with van der Waals surface area (Å²) in [5.74, 6) is 0. The average Bonchev–Trinajstić information content (AvgIpc) is 2.15. The fourth-order valence-corrected chi connectivity index (χ4v) is 1.35. The molecule has 0 radical (unpaired) electrons. The average molecular weight is 206 g/mol. The van der Waals surface area contributed by atoms with Crippen molar-refractivity contribution < 1.29 is 13.9 Å². The first-order valence-electron chi connectivity index (χ1n) is 5.39. The molecule has 0 aliphatic carbocycles. The maximum absolute atomic E-state index is 11.6. The molecule has 84 valence electrons. The van der Waals surface area contributed by atoms with Crippen LogP contribution in [0.1, 0.15) is 51.4 Å². The van der Waals surface area contributed by atoms with Crippen molar-refractivity contribution in [3.63, 3.8) is 0 Å². The van der Waals surface area contributed by atoms with Gasteiger partial charge in [-0.2, -0.15) is 8.78 Å². The van der Waals surface area contributed by atoms with E-state index in [1.54, 1.807) is 0 Å². The Morgan fingerprint density at radius 3 is 1.86 bits per heavy atom. The number of halogens is 2. The molecule has 0 fully saturated rings. The molecule has 0 atom stereocenters. The Morgan fingerprint density at radius 1 is 0.857 bits per heavy atom. The highest BCUT2D eigenvalue weighted by Crippen LogP contribution is 2.10. The minimum atomic E-state index is -1.56. The van der Waals surface area contributed by atoms with E-state index in [1.165, 1.54) is 0 Å². The summed E-state index contributed by atoms with van der Waals surface area (Å²) in [5.41, 5.74) is 0. The van der Waals surface area contributed by atoms with E-state index in [2.05, 4.69) is 0 Å². The van der Waals surface area contributed by atoms with Gasteiger partial charge in [0, 0.05) is 6.61 Å². The third kappa shape index (κ3) is 11.6. The van der Waals surface area contributed by atoms with E-state index in [9.17, 15) is 8.78 Å². The van der Waals surface area contributed by atoms with E-state index >= 15 is 0 Å². The summed E-state index contributed by atoms with van der Waals surface area (Å²) in [4.78, 5) is 0. The Labute approximate surface area is 84.8 Å². The standard InChI is InChI=1S/C11H20F2O/c12-11(13)9-7-5-3-1-2-4-6-8-10-14/h9,14H,1-8,10H2. The van der Waals surface area contributed by atoms with Gasteiger partial charge in [0.25, 0.3) is 6.08 Å². The van der Waals surface area contributed by atoms with E-state index in [-0.39, 0.29) is 6.61 Å². The van der Waals surface area contributed by atoms with Crippen molar-refractivity contribution >= 4 is 0 Å². The van der Waals surface area contributed by atoms with Crippen molar-refractivity contribution in [2.75, 3.05) is 6.61 Å².